The molecule has 4 heteroatoms. The van der Waals surface area contributed by atoms with Crippen LogP contribution in [0.4, 0.5) is 0 Å². The molecule has 104 valence electrons. The van der Waals surface area contributed by atoms with Gasteiger partial charge in [0, 0.05) is 12.4 Å². The number of furan rings is 1. The zero-order chi connectivity index (χ0) is 14.5. The molecule has 0 fully saturated rings. The van der Waals surface area contributed by atoms with Gasteiger partial charge in [-0.05, 0) is 29.3 Å². The number of benzene rings is 1. The monoisotopic (exact) mass is 278 g/mol. The summed E-state index contributed by atoms with van der Waals surface area (Å²) in [7, 11) is 0. The second-order valence-electron chi connectivity index (χ2n) is 4.58. The van der Waals surface area contributed by atoms with E-state index < -0.39 is 0 Å². The zero-order valence-electron chi connectivity index (χ0n) is 11.3. The van der Waals surface area contributed by atoms with Crippen LogP contribution in [0.25, 0.3) is 0 Å². The van der Waals surface area contributed by atoms with E-state index in [1.165, 1.54) is 6.26 Å². The van der Waals surface area contributed by atoms with Gasteiger partial charge in [-0.25, -0.2) is 0 Å². The molecule has 2 heterocycles. The fraction of sp³-hybridized carbons (Fsp3) is 0.0588. The minimum atomic E-state index is -0.266. The van der Waals surface area contributed by atoms with Gasteiger partial charge in [0.25, 0.3) is 5.91 Å². The van der Waals surface area contributed by atoms with Crippen molar-refractivity contribution in [3.05, 3.63) is 90.1 Å². The average molecular weight is 278 g/mol. The summed E-state index contributed by atoms with van der Waals surface area (Å²) >= 11 is 0. The third kappa shape index (κ3) is 3.00. The van der Waals surface area contributed by atoms with Gasteiger partial charge in [0.15, 0.2) is 5.76 Å². The van der Waals surface area contributed by atoms with Crippen LogP contribution in [-0.4, -0.2) is 10.9 Å². The Hall–Kier alpha value is -2.88. The van der Waals surface area contributed by atoms with Crippen molar-refractivity contribution in [1.29, 1.82) is 0 Å². The highest BCUT2D eigenvalue weighted by molar-refractivity contribution is 5.91. The number of amides is 1. The molecule has 1 amide bonds. The normalized spacial score (nSPS) is 11.8. The van der Waals surface area contributed by atoms with Crippen LogP contribution in [0.1, 0.15) is 27.7 Å². The fourth-order valence-corrected chi connectivity index (χ4v) is 2.16. The average Bonchev–Trinajstić information content (AvgIpc) is 3.09. The summed E-state index contributed by atoms with van der Waals surface area (Å²) in [4.78, 5) is 16.4. The summed E-state index contributed by atoms with van der Waals surface area (Å²) < 4.78 is 5.14. The van der Waals surface area contributed by atoms with Crippen molar-refractivity contribution in [2.75, 3.05) is 0 Å². The first kappa shape index (κ1) is 13.1. The van der Waals surface area contributed by atoms with Crippen molar-refractivity contribution < 1.29 is 9.21 Å². The number of nitrogens with zero attached hydrogens (tertiary/aromatic N) is 1. The van der Waals surface area contributed by atoms with Crippen LogP contribution in [0, 0.1) is 0 Å². The molecule has 4 nitrogen and oxygen atoms in total. The molecule has 0 aliphatic carbocycles. The molecule has 0 spiro atoms. The van der Waals surface area contributed by atoms with Crippen LogP contribution >= 0.6 is 0 Å². The number of rotatable bonds is 4. The van der Waals surface area contributed by atoms with E-state index in [1.807, 2.05) is 42.5 Å². The summed E-state index contributed by atoms with van der Waals surface area (Å²) in [6.45, 7) is 0. The lowest BCUT2D eigenvalue weighted by atomic mass is 10.00. The summed E-state index contributed by atoms with van der Waals surface area (Å²) in [5.74, 6) is 0.0394. The Kier molecular flexibility index (Phi) is 3.78. The van der Waals surface area contributed by atoms with E-state index in [1.54, 1.807) is 24.5 Å². The van der Waals surface area contributed by atoms with Gasteiger partial charge in [-0.1, -0.05) is 36.4 Å². The Balaban J connectivity index is 1.92. The van der Waals surface area contributed by atoms with Crippen LogP contribution in [0.2, 0.25) is 0 Å². The smallest absolute Gasteiger partial charge is 0.287 e. The number of carbonyl (C=O) groups excluding carboxylic acids is 1. The molecule has 1 atom stereocenters. The first-order chi connectivity index (χ1) is 10.3. The van der Waals surface area contributed by atoms with Crippen LogP contribution in [-0.2, 0) is 0 Å². The van der Waals surface area contributed by atoms with Gasteiger partial charge in [-0.3, -0.25) is 9.78 Å². The molecule has 1 N–H and O–H groups in total. The highest BCUT2D eigenvalue weighted by Crippen LogP contribution is 2.21. The number of hydrogen-bond acceptors (Lipinski definition) is 3. The molecule has 0 radical (unpaired) electrons. The molecule has 1 aromatic carbocycles. The molecule has 3 aromatic rings. The summed E-state index contributed by atoms with van der Waals surface area (Å²) in [6.07, 6.45) is 4.94. The number of nitrogens with one attached hydrogen (secondary N) is 1. The van der Waals surface area contributed by atoms with E-state index in [-0.39, 0.29) is 11.9 Å². The standard InChI is InChI=1S/C17H14N2O2/c20-17(15-9-5-11-21-15)19-16(13-6-2-1-3-7-13)14-8-4-10-18-12-14/h1-12,16H,(H,19,20)/t16-/m1/s1. The Bertz CT molecular complexity index is 655. The lowest BCUT2D eigenvalue weighted by Crippen LogP contribution is -2.29. The Morgan fingerprint density at radius 1 is 1.00 bits per heavy atom. The van der Waals surface area contributed by atoms with E-state index in [0.29, 0.717) is 5.76 Å². The SMILES string of the molecule is O=C(N[C@H](c1ccccc1)c1cccnc1)c1ccco1. The molecule has 0 aliphatic heterocycles. The first-order valence-corrected chi connectivity index (χ1v) is 6.64. The van der Waals surface area contributed by atoms with Gasteiger partial charge in [0.1, 0.15) is 0 Å². The second kappa shape index (κ2) is 6.05. The van der Waals surface area contributed by atoms with Crippen molar-refractivity contribution in [3.63, 3.8) is 0 Å². The zero-order valence-corrected chi connectivity index (χ0v) is 11.3. The second-order valence-corrected chi connectivity index (χ2v) is 4.58. The van der Waals surface area contributed by atoms with Gasteiger partial charge >= 0.3 is 0 Å². The van der Waals surface area contributed by atoms with Gasteiger partial charge in [-0.2, -0.15) is 0 Å². The maximum absolute atomic E-state index is 12.2. The first-order valence-electron chi connectivity index (χ1n) is 6.64. The van der Waals surface area contributed by atoms with Crippen LogP contribution < -0.4 is 5.32 Å². The minimum absolute atomic E-state index is 0.252. The Morgan fingerprint density at radius 2 is 1.81 bits per heavy atom. The molecule has 0 aliphatic rings. The Morgan fingerprint density at radius 3 is 2.48 bits per heavy atom. The molecule has 0 saturated carbocycles. The van der Waals surface area contributed by atoms with Crippen LogP contribution in [0.5, 0.6) is 0 Å². The minimum Gasteiger partial charge on any atom is -0.459 e. The van der Waals surface area contributed by atoms with E-state index >= 15 is 0 Å². The van der Waals surface area contributed by atoms with Gasteiger partial charge < -0.3 is 9.73 Å². The van der Waals surface area contributed by atoms with Gasteiger partial charge in [-0.15, -0.1) is 0 Å². The maximum atomic E-state index is 12.2. The summed E-state index contributed by atoms with van der Waals surface area (Å²) in [5, 5.41) is 2.98. The molecular formula is C17H14N2O2. The van der Waals surface area contributed by atoms with E-state index in [9.17, 15) is 4.79 Å². The van der Waals surface area contributed by atoms with Crippen LogP contribution in [0.15, 0.2) is 77.7 Å². The largest absolute Gasteiger partial charge is 0.459 e. The summed E-state index contributed by atoms with van der Waals surface area (Å²) in [6, 6.07) is 16.6. The molecule has 3 rings (SSSR count). The topological polar surface area (TPSA) is 55.1 Å². The quantitative estimate of drug-likeness (QED) is 0.797. The number of pyridine rings is 1. The van der Waals surface area contributed by atoms with Crippen molar-refractivity contribution >= 4 is 5.91 Å². The lowest BCUT2D eigenvalue weighted by Gasteiger charge is -2.18. The third-order valence-electron chi connectivity index (χ3n) is 3.17. The number of hydrogen-bond donors (Lipinski definition) is 1. The Labute approximate surface area is 122 Å². The van der Waals surface area contributed by atoms with Gasteiger partial charge in [0.05, 0.1) is 12.3 Å². The molecule has 0 bridgehead atoms. The summed E-state index contributed by atoms with van der Waals surface area (Å²) in [5.41, 5.74) is 1.91. The van der Waals surface area contributed by atoms with Crippen molar-refractivity contribution in [2.24, 2.45) is 0 Å². The maximum Gasteiger partial charge on any atom is 0.287 e. The number of aromatic nitrogens is 1. The molecule has 0 unspecified atom stereocenters. The van der Waals surface area contributed by atoms with E-state index in [2.05, 4.69) is 10.3 Å². The lowest BCUT2D eigenvalue weighted by molar-refractivity contribution is 0.0915. The molecule has 0 saturated heterocycles. The highest BCUT2D eigenvalue weighted by atomic mass is 16.3. The van der Waals surface area contributed by atoms with Gasteiger partial charge in [0.2, 0.25) is 0 Å². The molecule has 21 heavy (non-hydrogen) atoms. The third-order valence-corrected chi connectivity index (χ3v) is 3.17. The van der Waals surface area contributed by atoms with Crippen molar-refractivity contribution in [1.82, 2.24) is 10.3 Å². The predicted octanol–water partition coefficient (Wildman–Crippen LogP) is 3.19. The highest BCUT2D eigenvalue weighted by Gasteiger charge is 2.19. The number of carbonyl (C=O) groups is 1. The van der Waals surface area contributed by atoms with E-state index in [4.69, 9.17) is 4.42 Å². The molecule has 2 aromatic heterocycles. The van der Waals surface area contributed by atoms with Crippen molar-refractivity contribution in [2.45, 2.75) is 6.04 Å². The molecular weight excluding hydrogens is 264 g/mol. The van der Waals surface area contributed by atoms with Crippen molar-refractivity contribution in [3.8, 4) is 0 Å². The fourth-order valence-electron chi connectivity index (χ4n) is 2.16. The van der Waals surface area contributed by atoms with Crippen LogP contribution in [0.3, 0.4) is 0 Å². The van der Waals surface area contributed by atoms with E-state index in [0.717, 1.165) is 11.1 Å². The predicted molar refractivity (Wildman–Crippen MR) is 78.7 cm³/mol.